The second-order valence-corrected chi connectivity index (χ2v) is 9.04. The number of halogens is 2. The third-order valence-corrected chi connectivity index (χ3v) is 6.65. The highest BCUT2D eigenvalue weighted by molar-refractivity contribution is 6.31. The molecule has 34 heavy (non-hydrogen) atoms. The van der Waals surface area contributed by atoms with E-state index >= 15 is 0 Å². The van der Waals surface area contributed by atoms with Gasteiger partial charge in [-0.3, -0.25) is 4.79 Å². The molecule has 1 aliphatic rings. The number of rotatable bonds is 5. The zero-order valence-corrected chi connectivity index (χ0v) is 19.6. The molecule has 1 fully saturated rings. The van der Waals surface area contributed by atoms with Gasteiger partial charge in [-0.2, -0.15) is 9.61 Å². The average Bonchev–Trinajstić information content (AvgIpc) is 3.27. The van der Waals surface area contributed by atoms with Crippen molar-refractivity contribution in [3.05, 3.63) is 82.8 Å². The van der Waals surface area contributed by atoms with Gasteiger partial charge in [0.15, 0.2) is 5.65 Å². The van der Waals surface area contributed by atoms with Gasteiger partial charge in [-0.1, -0.05) is 29.8 Å². The molecule has 0 bridgehead atoms. The second kappa shape index (κ2) is 9.43. The number of benzene rings is 2. The highest BCUT2D eigenvalue weighted by Crippen LogP contribution is 2.27. The Bertz CT molecular complexity index is 1330. The van der Waals surface area contributed by atoms with E-state index in [-0.39, 0.29) is 17.6 Å². The highest BCUT2D eigenvalue weighted by Gasteiger charge is 2.26. The van der Waals surface area contributed by atoms with Crippen molar-refractivity contribution in [3.63, 3.8) is 0 Å². The van der Waals surface area contributed by atoms with Gasteiger partial charge >= 0.3 is 0 Å². The molecule has 1 aliphatic heterocycles. The number of aromatic nitrogens is 3. The van der Waals surface area contributed by atoms with Gasteiger partial charge in [0.25, 0.3) is 0 Å². The van der Waals surface area contributed by atoms with Crippen molar-refractivity contribution in [2.24, 2.45) is 5.92 Å². The predicted octanol–water partition coefficient (Wildman–Crippen LogP) is 5.03. The van der Waals surface area contributed by atoms with Crippen LogP contribution in [-0.4, -0.2) is 33.6 Å². The maximum Gasteiger partial charge on any atom is 0.223 e. The lowest BCUT2D eigenvalue weighted by molar-refractivity contribution is -0.125. The Hall–Kier alpha value is -3.45. The first-order valence-electron chi connectivity index (χ1n) is 11.4. The summed E-state index contributed by atoms with van der Waals surface area (Å²) in [6, 6.07) is 17.8. The Morgan fingerprint density at radius 1 is 1.12 bits per heavy atom. The van der Waals surface area contributed by atoms with Crippen molar-refractivity contribution in [1.29, 1.82) is 0 Å². The van der Waals surface area contributed by atoms with E-state index < -0.39 is 0 Å². The van der Waals surface area contributed by atoms with Gasteiger partial charge in [0.1, 0.15) is 11.6 Å². The van der Waals surface area contributed by atoms with E-state index in [1.807, 2.05) is 47.8 Å². The summed E-state index contributed by atoms with van der Waals surface area (Å²) in [6.45, 7) is 3.88. The summed E-state index contributed by atoms with van der Waals surface area (Å²) in [5.41, 5.74) is 4.14. The van der Waals surface area contributed by atoms with E-state index in [0.717, 1.165) is 59.9 Å². The molecule has 2 aromatic heterocycles. The first kappa shape index (κ1) is 22.3. The van der Waals surface area contributed by atoms with Crippen molar-refractivity contribution in [2.45, 2.75) is 26.3 Å². The monoisotopic (exact) mass is 477 g/mol. The van der Waals surface area contributed by atoms with Crippen LogP contribution in [0.15, 0.2) is 60.7 Å². The number of carbonyl (C=O) groups excluding carboxylic acids is 1. The molecule has 0 unspecified atom stereocenters. The molecule has 3 heterocycles. The molecule has 0 radical (unpaired) electrons. The summed E-state index contributed by atoms with van der Waals surface area (Å²) in [5, 5.41) is 8.45. The summed E-state index contributed by atoms with van der Waals surface area (Å²) >= 11 is 6.20. The minimum atomic E-state index is -0.277. The van der Waals surface area contributed by atoms with Crippen LogP contribution in [0.3, 0.4) is 0 Å². The molecule has 2 aromatic carbocycles. The Morgan fingerprint density at radius 2 is 1.85 bits per heavy atom. The third-order valence-electron chi connectivity index (χ3n) is 6.28. The quantitative estimate of drug-likeness (QED) is 0.438. The zero-order valence-electron chi connectivity index (χ0n) is 18.8. The number of hydrogen-bond acceptors (Lipinski definition) is 4. The summed E-state index contributed by atoms with van der Waals surface area (Å²) in [5.74, 6) is 0.699. The minimum absolute atomic E-state index is 0.0374. The van der Waals surface area contributed by atoms with Gasteiger partial charge in [-0.25, -0.2) is 9.37 Å². The summed E-state index contributed by atoms with van der Waals surface area (Å²) in [4.78, 5) is 19.6. The number of nitrogens with zero attached hydrogens (tertiary/aromatic N) is 4. The molecule has 6 nitrogen and oxygen atoms in total. The van der Waals surface area contributed by atoms with E-state index in [4.69, 9.17) is 16.7 Å². The number of piperidine rings is 1. The fraction of sp³-hybridized carbons (Fsp3) is 0.269. The number of carbonyl (C=O) groups is 1. The molecule has 5 rings (SSSR count). The predicted molar refractivity (Wildman–Crippen MR) is 131 cm³/mol. The highest BCUT2D eigenvalue weighted by atomic mass is 35.5. The lowest BCUT2D eigenvalue weighted by Gasteiger charge is -2.33. The molecule has 1 N–H and O–H groups in total. The van der Waals surface area contributed by atoms with Gasteiger partial charge in [0.05, 0.1) is 5.69 Å². The molecular formula is C26H25ClFN5O. The van der Waals surface area contributed by atoms with Gasteiger partial charge in [0, 0.05) is 54.0 Å². The molecule has 8 heteroatoms. The van der Waals surface area contributed by atoms with E-state index in [0.29, 0.717) is 11.6 Å². The molecule has 0 saturated carbocycles. The van der Waals surface area contributed by atoms with E-state index in [1.54, 1.807) is 12.1 Å². The summed E-state index contributed by atoms with van der Waals surface area (Å²) < 4.78 is 15.2. The Labute approximate surface area is 202 Å². The van der Waals surface area contributed by atoms with Gasteiger partial charge in [-0.05, 0) is 55.7 Å². The zero-order chi connectivity index (χ0) is 23.7. The standard InChI is InChI=1S/C26H25ClFN5O/c1-17-14-25(33-24(30-17)15-23(31-33)18-6-8-21(28)9-7-18)32-12-10-19(11-13-32)26(34)29-16-20-4-2-3-5-22(20)27/h2-9,14-15,19H,10-13,16H2,1H3,(H,29,34). The maximum atomic E-state index is 13.3. The summed E-state index contributed by atoms with van der Waals surface area (Å²) in [7, 11) is 0. The molecule has 0 aliphatic carbocycles. The number of amides is 1. The third kappa shape index (κ3) is 4.61. The first-order chi connectivity index (χ1) is 16.5. The molecule has 0 atom stereocenters. The number of nitrogens with one attached hydrogen (secondary N) is 1. The number of anilines is 1. The Kier molecular flexibility index (Phi) is 6.20. The average molecular weight is 478 g/mol. The van der Waals surface area contributed by atoms with Crippen molar-refractivity contribution in [3.8, 4) is 11.3 Å². The normalized spacial score (nSPS) is 14.5. The van der Waals surface area contributed by atoms with Crippen molar-refractivity contribution >= 4 is 29.0 Å². The minimum Gasteiger partial charge on any atom is -0.356 e. The topological polar surface area (TPSA) is 62.5 Å². The summed E-state index contributed by atoms with van der Waals surface area (Å²) in [6.07, 6.45) is 1.51. The van der Waals surface area contributed by atoms with Crippen LogP contribution in [-0.2, 0) is 11.3 Å². The van der Waals surface area contributed by atoms with E-state index in [2.05, 4.69) is 15.2 Å². The smallest absolute Gasteiger partial charge is 0.223 e. The van der Waals surface area contributed by atoms with Crippen LogP contribution >= 0.6 is 11.6 Å². The van der Waals surface area contributed by atoms with Crippen LogP contribution in [0.25, 0.3) is 16.9 Å². The van der Waals surface area contributed by atoms with E-state index in [9.17, 15) is 9.18 Å². The van der Waals surface area contributed by atoms with Crippen LogP contribution in [0.1, 0.15) is 24.1 Å². The van der Waals surface area contributed by atoms with Crippen molar-refractivity contribution in [1.82, 2.24) is 19.9 Å². The molecule has 1 amide bonds. The first-order valence-corrected chi connectivity index (χ1v) is 11.7. The second-order valence-electron chi connectivity index (χ2n) is 8.63. The SMILES string of the molecule is Cc1cc(N2CCC(C(=O)NCc3ccccc3Cl)CC2)n2nc(-c3ccc(F)cc3)cc2n1. The van der Waals surface area contributed by atoms with Crippen LogP contribution in [0.5, 0.6) is 0 Å². The molecule has 1 saturated heterocycles. The van der Waals surface area contributed by atoms with Gasteiger partial charge in [0.2, 0.25) is 5.91 Å². The van der Waals surface area contributed by atoms with Gasteiger partial charge in [-0.15, -0.1) is 0 Å². The molecular weight excluding hydrogens is 453 g/mol. The van der Waals surface area contributed by atoms with Crippen LogP contribution in [0, 0.1) is 18.7 Å². The lowest BCUT2D eigenvalue weighted by atomic mass is 9.95. The molecule has 0 spiro atoms. The lowest BCUT2D eigenvalue weighted by Crippen LogP contribution is -2.41. The fourth-order valence-electron chi connectivity index (χ4n) is 4.41. The van der Waals surface area contributed by atoms with Crippen LogP contribution in [0.4, 0.5) is 10.2 Å². The van der Waals surface area contributed by atoms with Crippen LogP contribution in [0.2, 0.25) is 5.02 Å². The fourth-order valence-corrected chi connectivity index (χ4v) is 4.61. The maximum absolute atomic E-state index is 13.3. The number of fused-ring (bicyclic) bond motifs is 1. The molecule has 4 aromatic rings. The van der Waals surface area contributed by atoms with E-state index in [1.165, 1.54) is 12.1 Å². The van der Waals surface area contributed by atoms with Gasteiger partial charge < -0.3 is 10.2 Å². The van der Waals surface area contributed by atoms with Crippen molar-refractivity contribution in [2.75, 3.05) is 18.0 Å². The Morgan fingerprint density at radius 3 is 2.59 bits per heavy atom. The largest absolute Gasteiger partial charge is 0.356 e. The molecule has 174 valence electrons. The number of hydrogen-bond donors (Lipinski definition) is 1. The van der Waals surface area contributed by atoms with Crippen molar-refractivity contribution < 1.29 is 9.18 Å². The van der Waals surface area contributed by atoms with Crippen LogP contribution < -0.4 is 10.2 Å². The Balaban J connectivity index is 1.29. The number of aryl methyl sites for hydroxylation is 1.